The highest BCUT2D eigenvalue weighted by atomic mass is 79.9. The molecule has 2 aliphatic heterocycles. The number of carbonyl (C=O) groups is 2. The third-order valence-corrected chi connectivity index (χ3v) is 4.43. The zero-order valence-electron chi connectivity index (χ0n) is 12.1. The van der Waals surface area contributed by atoms with Crippen molar-refractivity contribution in [2.24, 2.45) is 0 Å². The fraction of sp³-hybridized carbons (Fsp3) is 0.0588. The Hall–Kier alpha value is -2.51. The molecule has 2 aliphatic rings. The van der Waals surface area contributed by atoms with Gasteiger partial charge in [-0.05, 0) is 48.5 Å². The summed E-state index contributed by atoms with van der Waals surface area (Å²) < 4.78 is 13.9. The molecule has 1 fully saturated rings. The lowest BCUT2D eigenvalue weighted by Gasteiger charge is -2.15. The third-order valence-electron chi connectivity index (χ3n) is 3.91. The van der Waals surface area contributed by atoms with Crippen LogP contribution in [-0.2, 0) is 14.4 Å². The Labute approximate surface area is 144 Å². The van der Waals surface area contributed by atoms with Crippen molar-refractivity contribution >= 4 is 39.1 Å². The fourth-order valence-corrected chi connectivity index (χ4v) is 3.02. The first-order chi connectivity index (χ1) is 11.6. The molecule has 120 valence electrons. The van der Waals surface area contributed by atoms with Crippen molar-refractivity contribution in [2.75, 3.05) is 4.90 Å². The van der Waals surface area contributed by atoms with Crippen molar-refractivity contribution in [2.45, 2.75) is 6.10 Å². The predicted molar refractivity (Wildman–Crippen MR) is 88.0 cm³/mol. The molecule has 4 rings (SSSR count). The Kier molecular flexibility index (Phi) is 3.47. The Bertz CT molecular complexity index is 878. The van der Waals surface area contributed by atoms with Gasteiger partial charge < -0.3 is 0 Å². The quantitative estimate of drug-likeness (QED) is 0.803. The van der Waals surface area contributed by atoms with E-state index in [0.29, 0.717) is 16.9 Å². The Morgan fingerprint density at radius 1 is 1.04 bits per heavy atom. The van der Waals surface area contributed by atoms with Gasteiger partial charge in [0.25, 0.3) is 11.8 Å². The van der Waals surface area contributed by atoms with E-state index in [9.17, 15) is 14.0 Å². The highest BCUT2D eigenvalue weighted by Crippen LogP contribution is 2.36. The molecule has 2 aromatic rings. The standard InChI is InChI=1S/C17H10BrFN2O3/c18-10-3-7-12(8-4-10)21-16(22)13-14(20-24-15(13)17(21)23)9-1-5-11(19)6-2-9/h1-8,15,20H/t15-/m0/s1. The molecule has 0 aliphatic carbocycles. The number of halogens is 2. The highest BCUT2D eigenvalue weighted by Gasteiger charge is 2.50. The lowest BCUT2D eigenvalue weighted by molar-refractivity contribution is -0.127. The second kappa shape index (κ2) is 5.54. The Balaban J connectivity index is 1.78. The number of rotatable bonds is 2. The molecule has 7 heteroatoms. The molecule has 0 aromatic heterocycles. The summed E-state index contributed by atoms with van der Waals surface area (Å²) in [6, 6.07) is 12.5. The molecule has 0 bridgehead atoms. The first-order valence-electron chi connectivity index (χ1n) is 7.12. The summed E-state index contributed by atoms with van der Waals surface area (Å²) in [6.45, 7) is 0. The zero-order valence-corrected chi connectivity index (χ0v) is 13.7. The molecule has 0 radical (unpaired) electrons. The molecule has 1 N–H and O–H groups in total. The van der Waals surface area contributed by atoms with Gasteiger partial charge in [0, 0.05) is 10.0 Å². The molecule has 5 nitrogen and oxygen atoms in total. The van der Waals surface area contributed by atoms with E-state index in [1.54, 1.807) is 24.3 Å². The number of nitrogens with one attached hydrogen (secondary N) is 1. The molecular weight excluding hydrogens is 379 g/mol. The molecular formula is C17H10BrFN2O3. The van der Waals surface area contributed by atoms with Gasteiger partial charge in [-0.25, -0.2) is 9.29 Å². The van der Waals surface area contributed by atoms with Crippen molar-refractivity contribution in [3.05, 3.63) is 70.0 Å². The molecule has 2 aromatic carbocycles. The highest BCUT2D eigenvalue weighted by molar-refractivity contribution is 9.10. The lowest BCUT2D eigenvalue weighted by atomic mass is 10.0. The molecule has 0 unspecified atom stereocenters. The molecule has 0 spiro atoms. The monoisotopic (exact) mass is 388 g/mol. The largest absolute Gasteiger partial charge is 0.270 e. The van der Waals surface area contributed by atoms with Crippen molar-refractivity contribution in [1.82, 2.24) is 5.48 Å². The number of anilines is 1. The number of hydroxylamine groups is 1. The normalized spacial score (nSPS) is 19.8. The maximum atomic E-state index is 13.1. The van der Waals surface area contributed by atoms with Gasteiger partial charge in [0.05, 0.1) is 17.0 Å². The summed E-state index contributed by atoms with van der Waals surface area (Å²) in [7, 11) is 0. The predicted octanol–water partition coefficient (Wildman–Crippen LogP) is 2.78. The van der Waals surface area contributed by atoms with Gasteiger partial charge in [-0.3, -0.25) is 19.9 Å². The van der Waals surface area contributed by atoms with Crippen LogP contribution in [0, 0.1) is 5.82 Å². The third kappa shape index (κ3) is 2.24. The summed E-state index contributed by atoms with van der Waals surface area (Å²) in [5.74, 6) is -1.29. The second-order valence-corrected chi connectivity index (χ2v) is 6.27. The number of hydrogen-bond acceptors (Lipinski definition) is 4. The van der Waals surface area contributed by atoms with Gasteiger partial charge in [0.15, 0.2) is 6.10 Å². The topological polar surface area (TPSA) is 58.6 Å². The van der Waals surface area contributed by atoms with Gasteiger partial charge in [0.1, 0.15) is 5.82 Å². The molecule has 1 atom stereocenters. The number of hydrogen-bond donors (Lipinski definition) is 1. The minimum absolute atomic E-state index is 0.231. The van der Waals surface area contributed by atoms with E-state index in [-0.39, 0.29) is 11.4 Å². The Morgan fingerprint density at radius 3 is 2.38 bits per heavy atom. The molecule has 1 saturated heterocycles. The van der Waals surface area contributed by atoms with Crippen LogP contribution < -0.4 is 10.4 Å². The summed E-state index contributed by atoms with van der Waals surface area (Å²) >= 11 is 3.32. The number of benzene rings is 2. The average molecular weight is 389 g/mol. The van der Waals surface area contributed by atoms with Crippen LogP contribution in [0.1, 0.15) is 5.56 Å². The van der Waals surface area contributed by atoms with Crippen LogP contribution in [0.3, 0.4) is 0 Å². The fourth-order valence-electron chi connectivity index (χ4n) is 2.76. The second-order valence-electron chi connectivity index (χ2n) is 5.35. The van der Waals surface area contributed by atoms with Crippen LogP contribution in [0.5, 0.6) is 0 Å². The van der Waals surface area contributed by atoms with Crippen molar-refractivity contribution < 1.29 is 18.8 Å². The van der Waals surface area contributed by atoms with Gasteiger partial charge in [-0.2, -0.15) is 0 Å². The van der Waals surface area contributed by atoms with Crippen LogP contribution in [-0.4, -0.2) is 17.9 Å². The summed E-state index contributed by atoms with van der Waals surface area (Å²) in [6.07, 6.45) is -0.999. The van der Waals surface area contributed by atoms with E-state index in [2.05, 4.69) is 21.4 Å². The number of nitrogens with zero attached hydrogens (tertiary/aromatic N) is 1. The van der Waals surface area contributed by atoms with Crippen LogP contribution in [0.15, 0.2) is 58.6 Å². The van der Waals surface area contributed by atoms with Gasteiger partial charge in [-0.15, -0.1) is 0 Å². The van der Waals surface area contributed by atoms with E-state index in [1.807, 2.05) is 0 Å². The molecule has 2 amide bonds. The number of imide groups is 1. The number of fused-ring (bicyclic) bond motifs is 1. The molecule has 2 heterocycles. The van der Waals surface area contributed by atoms with E-state index in [4.69, 9.17) is 4.84 Å². The van der Waals surface area contributed by atoms with E-state index >= 15 is 0 Å². The first-order valence-corrected chi connectivity index (χ1v) is 7.91. The zero-order chi connectivity index (χ0) is 16.8. The maximum absolute atomic E-state index is 13.1. The van der Waals surface area contributed by atoms with Gasteiger partial charge in [0.2, 0.25) is 0 Å². The van der Waals surface area contributed by atoms with Crippen LogP contribution in [0.4, 0.5) is 10.1 Å². The maximum Gasteiger partial charge on any atom is 0.270 e. The van der Waals surface area contributed by atoms with Gasteiger partial charge in [-0.1, -0.05) is 15.9 Å². The average Bonchev–Trinajstić information content (AvgIpc) is 3.11. The number of amides is 2. The van der Waals surface area contributed by atoms with Crippen molar-refractivity contribution in [1.29, 1.82) is 0 Å². The SMILES string of the molecule is O=C1C2=C(c3ccc(F)cc3)NO[C@@H]2C(=O)N1c1ccc(Br)cc1. The minimum atomic E-state index is -0.999. The van der Waals surface area contributed by atoms with E-state index in [1.165, 1.54) is 24.3 Å². The van der Waals surface area contributed by atoms with E-state index in [0.717, 1.165) is 9.37 Å². The van der Waals surface area contributed by atoms with Crippen LogP contribution in [0.25, 0.3) is 5.70 Å². The van der Waals surface area contributed by atoms with Crippen LogP contribution >= 0.6 is 15.9 Å². The van der Waals surface area contributed by atoms with Crippen molar-refractivity contribution in [3.8, 4) is 0 Å². The minimum Gasteiger partial charge on any atom is -0.270 e. The molecule has 24 heavy (non-hydrogen) atoms. The Morgan fingerprint density at radius 2 is 1.71 bits per heavy atom. The van der Waals surface area contributed by atoms with Gasteiger partial charge >= 0.3 is 0 Å². The summed E-state index contributed by atoms with van der Waals surface area (Å²) in [5, 5.41) is 0. The lowest BCUT2D eigenvalue weighted by Crippen LogP contribution is -2.34. The smallest absolute Gasteiger partial charge is 0.270 e. The first kappa shape index (κ1) is 15.0. The molecule has 0 saturated carbocycles. The van der Waals surface area contributed by atoms with E-state index < -0.39 is 17.9 Å². The summed E-state index contributed by atoms with van der Waals surface area (Å²) in [4.78, 5) is 31.7. The number of carbonyl (C=O) groups excluding carboxylic acids is 2. The summed E-state index contributed by atoms with van der Waals surface area (Å²) in [5.41, 5.74) is 4.28. The van der Waals surface area contributed by atoms with Crippen LogP contribution in [0.2, 0.25) is 0 Å². The van der Waals surface area contributed by atoms with Crippen molar-refractivity contribution in [3.63, 3.8) is 0 Å².